The van der Waals surface area contributed by atoms with Crippen LogP contribution in [0.2, 0.25) is 0 Å². The molecule has 0 aliphatic heterocycles. The van der Waals surface area contributed by atoms with Crippen LogP contribution in [0.3, 0.4) is 0 Å². The highest BCUT2D eigenvalue weighted by Gasteiger charge is 2.31. The molecule has 0 aromatic heterocycles. The van der Waals surface area contributed by atoms with Crippen LogP contribution < -0.4 is 0 Å². The topological polar surface area (TPSA) is 237 Å². The van der Waals surface area contributed by atoms with Gasteiger partial charge >= 0.3 is 39.5 Å². The zero-order valence-electron chi connectivity index (χ0n) is 73.6. The van der Waals surface area contributed by atoms with Crippen molar-refractivity contribution < 1.29 is 80.2 Å². The maximum Gasteiger partial charge on any atom is 0.472 e. The molecule has 17 nitrogen and oxygen atoms in total. The van der Waals surface area contributed by atoms with Gasteiger partial charge in [0, 0.05) is 25.7 Å². The maximum atomic E-state index is 13.2. The van der Waals surface area contributed by atoms with Gasteiger partial charge in [-0.1, -0.05) is 434 Å². The summed E-state index contributed by atoms with van der Waals surface area (Å²) in [6.07, 6.45) is 72.3. The first-order chi connectivity index (χ1) is 53.7. The Labute approximate surface area is 683 Å². The summed E-state index contributed by atoms with van der Waals surface area (Å²) in [4.78, 5) is 73.4. The van der Waals surface area contributed by atoms with Gasteiger partial charge in [-0.25, -0.2) is 9.13 Å². The van der Waals surface area contributed by atoms with Gasteiger partial charge in [-0.15, -0.1) is 0 Å². The summed E-state index contributed by atoms with van der Waals surface area (Å²) in [6.45, 7) is 14.4. The molecule has 8 atom stereocenters. The van der Waals surface area contributed by atoms with Crippen molar-refractivity contribution in [3.8, 4) is 0 Å². The summed E-state index contributed by atoms with van der Waals surface area (Å²) in [5.41, 5.74) is 0. The number of esters is 4. The van der Waals surface area contributed by atoms with Gasteiger partial charge in [0.15, 0.2) is 12.2 Å². The molecule has 3 N–H and O–H groups in total. The smallest absolute Gasteiger partial charge is 0.462 e. The van der Waals surface area contributed by atoms with E-state index in [0.717, 1.165) is 120 Å². The lowest BCUT2D eigenvalue weighted by Crippen LogP contribution is -2.30. The van der Waals surface area contributed by atoms with Gasteiger partial charge in [0.05, 0.1) is 26.4 Å². The van der Waals surface area contributed by atoms with Gasteiger partial charge in [0.25, 0.3) is 0 Å². The van der Waals surface area contributed by atoms with E-state index in [9.17, 15) is 43.2 Å². The van der Waals surface area contributed by atoms with E-state index in [1.807, 2.05) is 0 Å². The monoisotopic (exact) mass is 1620 g/mol. The number of phosphoric ester groups is 2. The first-order valence-corrected chi connectivity index (χ1v) is 50.3. The van der Waals surface area contributed by atoms with Crippen molar-refractivity contribution in [3.05, 3.63) is 0 Å². The van der Waals surface area contributed by atoms with E-state index in [4.69, 9.17) is 37.0 Å². The highest BCUT2D eigenvalue weighted by atomic mass is 31.2. The van der Waals surface area contributed by atoms with Gasteiger partial charge in [-0.2, -0.15) is 0 Å². The Morgan fingerprint density at radius 1 is 0.252 bits per heavy atom. The molecule has 0 rings (SSSR count). The van der Waals surface area contributed by atoms with Crippen molar-refractivity contribution in [1.29, 1.82) is 0 Å². The fourth-order valence-corrected chi connectivity index (χ4v) is 15.9. The number of carbonyl (C=O) groups excluding carboxylic acids is 4. The minimum absolute atomic E-state index is 0.107. The number of aliphatic hydroxyl groups excluding tert-OH is 1. The van der Waals surface area contributed by atoms with E-state index in [0.29, 0.717) is 25.7 Å². The third kappa shape index (κ3) is 81.6. The van der Waals surface area contributed by atoms with E-state index >= 15 is 0 Å². The second-order valence-corrected chi connectivity index (χ2v) is 37.2. The Bertz CT molecular complexity index is 2150. The standard InChI is InChI=1S/C92H180O17P2/c1-9-83(6)69-61-53-45-39-33-27-21-17-13-15-19-23-31-37-43-49-59-67-75-92(97)109-88(79-103-90(95)73-65-57-51-50-55-63-71-85(8)11-3)81-107-111(100,101)105-77-86(93)76-104-110(98,99)106-80-87(78-102-89(94)72-64-56-47-41-35-29-25-24-28-34-40-46-54-62-70-84(7)10-2)108-91(96)74-66-58-48-42-36-30-22-18-14-12-16-20-26-32-38-44-52-60-68-82(4)5/h82-88,93H,9-81H2,1-8H3,(H,98,99)(H,100,101)/t83?,84?,85?,86-,87-,88-/m1/s1. The van der Waals surface area contributed by atoms with E-state index in [1.165, 1.54) is 283 Å². The molecule has 111 heavy (non-hydrogen) atoms. The van der Waals surface area contributed by atoms with Crippen molar-refractivity contribution in [3.63, 3.8) is 0 Å². The van der Waals surface area contributed by atoms with Crippen LogP contribution in [-0.2, 0) is 65.4 Å². The molecule has 0 aliphatic carbocycles. The Morgan fingerprint density at radius 2 is 0.432 bits per heavy atom. The average molecular weight is 1620 g/mol. The number of unbranched alkanes of at least 4 members (excludes halogenated alkanes) is 52. The van der Waals surface area contributed by atoms with Crippen molar-refractivity contribution >= 4 is 39.5 Å². The molecule has 0 fully saturated rings. The maximum absolute atomic E-state index is 13.2. The summed E-state index contributed by atoms with van der Waals surface area (Å²) in [7, 11) is -9.94. The fourth-order valence-electron chi connectivity index (χ4n) is 14.3. The molecule has 0 aromatic carbocycles. The summed E-state index contributed by atoms with van der Waals surface area (Å²) >= 11 is 0. The quantitative estimate of drug-likeness (QED) is 0.0222. The van der Waals surface area contributed by atoms with Crippen LogP contribution in [0, 0.1) is 23.7 Å². The third-order valence-corrected chi connectivity index (χ3v) is 24.6. The predicted molar refractivity (Wildman–Crippen MR) is 460 cm³/mol. The molecule has 0 amide bonds. The van der Waals surface area contributed by atoms with E-state index < -0.39 is 97.5 Å². The molecule has 0 radical (unpaired) electrons. The number of rotatable bonds is 89. The minimum atomic E-state index is -4.97. The third-order valence-electron chi connectivity index (χ3n) is 22.7. The van der Waals surface area contributed by atoms with Gasteiger partial charge in [-0.3, -0.25) is 37.3 Å². The van der Waals surface area contributed by atoms with Gasteiger partial charge in [0.1, 0.15) is 19.3 Å². The fraction of sp³-hybridized carbons (Fsp3) is 0.957. The van der Waals surface area contributed by atoms with Crippen LogP contribution in [-0.4, -0.2) is 96.7 Å². The molecule has 0 bridgehead atoms. The van der Waals surface area contributed by atoms with Crippen molar-refractivity contribution in [1.82, 2.24) is 0 Å². The predicted octanol–water partition coefficient (Wildman–Crippen LogP) is 28.3. The van der Waals surface area contributed by atoms with E-state index in [1.54, 1.807) is 0 Å². The number of phosphoric acid groups is 2. The van der Waals surface area contributed by atoms with Crippen LogP contribution in [0.5, 0.6) is 0 Å². The van der Waals surface area contributed by atoms with Gasteiger partial charge < -0.3 is 33.8 Å². The van der Waals surface area contributed by atoms with Crippen LogP contribution in [0.1, 0.15) is 486 Å². The Hall–Kier alpha value is -1.94. The van der Waals surface area contributed by atoms with Crippen molar-refractivity contribution in [2.45, 2.75) is 504 Å². The number of carbonyl (C=O) groups is 4. The van der Waals surface area contributed by atoms with Gasteiger partial charge in [0.2, 0.25) is 0 Å². The Kier molecular flexibility index (Phi) is 79.1. The van der Waals surface area contributed by atoms with Crippen molar-refractivity contribution in [2.75, 3.05) is 39.6 Å². The number of hydrogen-bond acceptors (Lipinski definition) is 15. The zero-order chi connectivity index (χ0) is 81.6. The van der Waals surface area contributed by atoms with Crippen LogP contribution in [0.15, 0.2) is 0 Å². The highest BCUT2D eigenvalue weighted by molar-refractivity contribution is 7.47. The molecular formula is C92H180O17P2. The first-order valence-electron chi connectivity index (χ1n) is 47.3. The Morgan fingerprint density at radius 3 is 0.640 bits per heavy atom. The van der Waals surface area contributed by atoms with Crippen LogP contribution >= 0.6 is 15.6 Å². The number of aliphatic hydroxyl groups is 1. The lowest BCUT2D eigenvalue weighted by atomic mass is 9.99. The SMILES string of the molecule is CCC(C)CCCCCCCCCCCCCCCCCCCCC(=O)O[C@H](COC(=O)CCCCCCCCC(C)CC)COP(=O)(O)OC[C@H](O)COP(=O)(O)OC[C@@H](COC(=O)CCCCCCCCCCCCCCCCC(C)CC)OC(=O)CCCCCCCCCCCCCCCCCCCCC(C)C. The van der Waals surface area contributed by atoms with Crippen LogP contribution in [0.25, 0.3) is 0 Å². The average Bonchev–Trinajstić information content (AvgIpc) is 0.898. The largest absolute Gasteiger partial charge is 0.472 e. The van der Waals surface area contributed by atoms with E-state index in [2.05, 4.69) is 55.4 Å². The zero-order valence-corrected chi connectivity index (χ0v) is 75.4. The second-order valence-electron chi connectivity index (χ2n) is 34.3. The molecule has 5 unspecified atom stereocenters. The highest BCUT2D eigenvalue weighted by Crippen LogP contribution is 2.45. The van der Waals surface area contributed by atoms with Crippen molar-refractivity contribution in [2.24, 2.45) is 23.7 Å². The number of hydrogen-bond donors (Lipinski definition) is 3. The Balaban J connectivity index is 5.21. The summed E-state index contributed by atoms with van der Waals surface area (Å²) in [5, 5.41) is 10.7. The van der Waals surface area contributed by atoms with E-state index in [-0.39, 0.29) is 25.7 Å². The molecule has 0 heterocycles. The molecule has 0 saturated carbocycles. The molecule has 0 aromatic rings. The lowest BCUT2D eigenvalue weighted by Gasteiger charge is -2.21. The molecule has 19 heteroatoms. The molecule has 0 aliphatic rings. The molecule has 660 valence electrons. The summed E-state index contributed by atoms with van der Waals surface area (Å²) in [5.74, 6) is 1.17. The summed E-state index contributed by atoms with van der Waals surface area (Å²) < 4.78 is 69.1. The first kappa shape index (κ1) is 109. The summed E-state index contributed by atoms with van der Waals surface area (Å²) in [6, 6.07) is 0. The van der Waals surface area contributed by atoms with Gasteiger partial charge in [-0.05, 0) is 49.4 Å². The second kappa shape index (κ2) is 80.5. The lowest BCUT2D eigenvalue weighted by molar-refractivity contribution is -0.161. The number of ether oxygens (including phenoxy) is 4. The normalized spacial score (nSPS) is 14.6. The minimum Gasteiger partial charge on any atom is -0.462 e. The molecule has 0 saturated heterocycles. The molecular weight excluding hydrogens is 1440 g/mol. The van der Waals surface area contributed by atoms with Crippen LogP contribution in [0.4, 0.5) is 0 Å². The molecule has 0 spiro atoms.